The fourth-order valence-electron chi connectivity index (χ4n) is 6.94. The van der Waals surface area contributed by atoms with Crippen LogP contribution in [0.1, 0.15) is 0 Å². The Balaban J connectivity index is 1.24. The Hall–Kier alpha value is -6.43. The molecule has 0 atom stereocenters. The summed E-state index contributed by atoms with van der Waals surface area (Å²) in [6.07, 6.45) is 0. The average molecular weight is 658 g/mol. The van der Waals surface area contributed by atoms with Crippen molar-refractivity contribution in [2.45, 2.75) is 0 Å². The highest BCUT2D eigenvalue weighted by molar-refractivity contribution is 7.25. The molecule has 0 saturated carbocycles. The molecule has 10 rings (SSSR count). The first-order valence-corrected chi connectivity index (χ1v) is 17.4. The van der Waals surface area contributed by atoms with E-state index in [1.54, 1.807) is 0 Å². The van der Waals surface area contributed by atoms with Crippen molar-refractivity contribution in [3.8, 4) is 56.4 Å². The number of aromatic nitrogens is 3. The molecular weight excluding hydrogens is 631 g/mol. The van der Waals surface area contributed by atoms with Gasteiger partial charge in [0.15, 0.2) is 17.5 Å². The molecule has 4 nitrogen and oxygen atoms in total. The summed E-state index contributed by atoms with van der Waals surface area (Å²) in [4.78, 5) is 15.3. The van der Waals surface area contributed by atoms with Gasteiger partial charge in [-0.05, 0) is 41.0 Å². The lowest BCUT2D eigenvalue weighted by Crippen LogP contribution is -2.01. The van der Waals surface area contributed by atoms with Gasteiger partial charge in [-0.15, -0.1) is 11.3 Å². The molecule has 0 N–H and O–H groups in total. The lowest BCUT2D eigenvalue weighted by molar-refractivity contribution is 0.670. The Labute approximate surface area is 292 Å². The van der Waals surface area contributed by atoms with Gasteiger partial charge in [-0.3, -0.25) is 0 Å². The lowest BCUT2D eigenvalue weighted by Gasteiger charge is -2.14. The maximum Gasteiger partial charge on any atom is 0.164 e. The second kappa shape index (κ2) is 11.6. The molecule has 3 heterocycles. The number of fused-ring (bicyclic) bond motifs is 6. The van der Waals surface area contributed by atoms with Gasteiger partial charge in [-0.2, -0.15) is 0 Å². The molecule has 234 valence electrons. The molecule has 0 aliphatic heterocycles. The van der Waals surface area contributed by atoms with E-state index in [-0.39, 0.29) is 0 Å². The molecule has 0 aliphatic rings. The molecule has 50 heavy (non-hydrogen) atoms. The third-order valence-electron chi connectivity index (χ3n) is 9.37. The molecule has 0 radical (unpaired) electrons. The van der Waals surface area contributed by atoms with Gasteiger partial charge in [-0.25, -0.2) is 15.0 Å². The number of hydrogen-bond acceptors (Lipinski definition) is 5. The highest BCUT2D eigenvalue weighted by Crippen LogP contribution is 2.42. The summed E-state index contributed by atoms with van der Waals surface area (Å²) >= 11 is 1.83. The SMILES string of the molecule is c1ccc(-c2nc(-c3ccccc3)nc(-c3cc(-c4ccc5c(c4)sc4ccccc45)ccc3-c3cccc4c3oc3ccccc34)n2)cc1. The van der Waals surface area contributed by atoms with Gasteiger partial charge in [0.25, 0.3) is 0 Å². The number of nitrogens with zero attached hydrogens (tertiary/aromatic N) is 3. The third kappa shape index (κ3) is 4.79. The minimum absolute atomic E-state index is 0.602. The van der Waals surface area contributed by atoms with Crippen LogP contribution in [-0.2, 0) is 0 Å². The minimum Gasteiger partial charge on any atom is -0.455 e. The lowest BCUT2D eigenvalue weighted by atomic mass is 9.93. The third-order valence-corrected chi connectivity index (χ3v) is 10.5. The average Bonchev–Trinajstić information content (AvgIpc) is 3.76. The molecule has 10 aromatic rings. The monoisotopic (exact) mass is 657 g/mol. The van der Waals surface area contributed by atoms with Crippen LogP contribution in [0.2, 0.25) is 0 Å². The fourth-order valence-corrected chi connectivity index (χ4v) is 8.08. The summed E-state index contributed by atoms with van der Waals surface area (Å²) < 4.78 is 9.11. The number of para-hydroxylation sites is 2. The number of rotatable bonds is 5. The summed E-state index contributed by atoms with van der Waals surface area (Å²) in [5.41, 5.74) is 8.68. The summed E-state index contributed by atoms with van der Waals surface area (Å²) in [5.74, 6) is 1.85. The summed E-state index contributed by atoms with van der Waals surface area (Å²) in [5, 5.41) is 4.74. The second-order valence-electron chi connectivity index (χ2n) is 12.4. The van der Waals surface area contributed by atoms with Gasteiger partial charge in [0.1, 0.15) is 11.2 Å². The van der Waals surface area contributed by atoms with Gasteiger partial charge < -0.3 is 4.42 Å². The Morgan fingerprint density at radius 1 is 0.360 bits per heavy atom. The Kier molecular flexibility index (Phi) is 6.64. The van der Waals surface area contributed by atoms with Gasteiger partial charge in [0.05, 0.1) is 0 Å². The minimum atomic E-state index is 0.602. The Bertz CT molecular complexity index is 2820. The summed E-state index contributed by atoms with van der Waals surface area (Å²) in [7, 11) is 0. The van der Waals surface area contributed by atoms with Crippen molar-refractivity contribution in [1.29, 1.82) is 0 Å². The van der Waals surface area contributed by atoms with Crippen LogP contribution in [0, 0.1) is 0 Å². The van der Waals surface area contributed by atoms with E-state index >= 15 is 0 Å². The van der Waals surface area contributed by atoms with Crippen molar-refractivity contribution in [2.75, 3.05) is 0 Å². The van der Waals surface area contributed by atoms with Crippen molar-refractivity contribution >= 4 is 53.4 Å². The van der Waals surface area contributed by atoms with Gasteiger partial charge in [-0.1, -0.05) is 140 Å². The van der Waals surface area contributed by atoms with Crippen molar-refractivity contribution in [1.82, 2.24) is 15.0 Å². The molecule has 0 aliphatic carbocycles. The second-order valence-corrected chi connectivity index (χ2v) is 13.5. The van der Waals surface area contributed by atoms with Crippen molar-refractivity contribution in [3.63, 3.8) is 0 Å². The van der Waals surface area contributed by atoms with Gasteiger partial charge in [0.2, 0.25) is 0 Å². The molecule has 0 unspecified atom stereocenters. The maximum absolute atomic E-state index is 6.56. The molecule has 5 heteroatoms. The van der Waals surface area contributed by atoms with E-state index in [1.807, 2.05) is 84.1 Å². The Morgan fingerprint density at radius 2 is 0.960 bits per heavy atom. The van der Waals surface area contributed by atoms with Crippen LogP contribution in [0.5, 0.6) is 0 Å². The molecular formula is C45H27N3OS. The van der Waals surface area contributed by atoms with Crippen molar-refractivity contribution in [2.24, 2.45) is 0 Å². The van der Waals surface area contributed by atoms with Crippen LogP contribution in [0.3, 0.4) is 0 Å². The van der Waals surface area contributed by atoms with Crippen LogP contribution < -0.4 is 0 Å². The fraction of sp³-hybridized carbons (Fsp3) is 0. The van der Waals surface area contributed by atoms with E-state index in [9.17, 15) is 0 Å². The zero-order valence-electron chi connectivity index (χ0n) is 26.7. The van der Waals surface area contributed by atoms with E-state index in [4.69, 9.17) is 19.4 Å². The van der Waals surface area contributed by atoms with Crippen LogP contribution in [0.4, 0.5) is 0 Å². The van der Waals surface area contributed by atoms with E-state index in [0.717, 1.165) is 60.9 Å². The van der Waals surface area contributed by atoms with Crippen LogP contribution in [0.15, 0.2) is 168 Å². The molecule has 3 aromatic heterocycles. The number of furan rings is 1. The first kappa shape index (κ1) is 28.6. The number of hydrogen-bond donors (Lipinski definition) is 0. The summed E-state index contributed by atoms with van der Waals surface area (Å²) in [6.45, 7) is 0. The van der Waals surface area contributed by atoms with E-state index < -0.39 is 0 Å². The van der Waals surface area contributed by atoms with E-state index in [0.29, 0.717) is 17.5 Å². The standard InChI is InChI=1S/C45H27N3OS/c1-3-12-28(13-4-1)43-46-44(29-14-5-2-6-15-29)48-45(47-43)38-26-30(31-23-25-35-34-17-8-10-21-40(34)50-41(35)27-31)22-24-32(38)36-18-11-19-37-33-16-7-9-20-39(33)49-42(36)37/h1-27H. The molecule has 0 saturated heterocycles. The van der Waals surface area contributed by atoms with E-state index in [2.05, 4.69) is 91.0 Å². The number of benzene rings is 7. The normalized spacial score (nSPS) is 11.6. The van der Waals surface area contributed by atoms with Gasteiger partial charge >= 0.3 is 0 Å². The quantitative estimate of drug-likeness (QED) is 0.185. The smallest absolute Gasteiger partial charge is 0.164 e. The first-order valence-electron chi connectivity index (χ1n) is 16.6. The predicted octanol–water partition coefficient (Wildman–Crippen LogP) is 12.5. The van der Waals surface area contributed by atoms with Crippen LogP contribution in [0.25, 0.3) is 98.5 Å². The molecule has 0 spiro atoms. The largest absolute Gasteiger partial charge is 0.455 e. The van der Waals surface area contributed by atoms with Gasteiger partial charge in [0, 0.05) is 53.2 Å². The molecule has 7 aromatic carbocycles. The maximum atomic E-state index is 6.56. The first-order chi connectivity index (χ1) is 24.8. The van der Waals surface area contributed by atoms with E-state index in [1.165, 1.54) is 20.2 Å². The van der Waals surface area contributed by atoms with Crippen molar-refractivity contribution in [3.05, 3.63) is 164 Å². The summed E-state index contributed by atoms with van der Waals surface area (Å²) in [6, 6.07) is 56.8. The van der Waals surface area contributed by atoms with Crippen LogP contribution >= 0.6 is 11.3 Å². The predicted molar refractivity (Wildman–Crippen MR) is 207 cm³/mol. The molecule has 0 amide bonds. The number of thiophene rings is 1. The van der Waals surface area contributed by atoms with Crippen molar-refractivity contribution < 1.29 is 4.42 Å². The molecule has 0 fully saturated rings. The zero-order valence-corrected chi connectivity index (χ0v) is 27.6. The van der Waals surface area contributed by atoms with Crippen LogP contribution in [-0.4, -0.2) is 15.0 Å². The topological polar surface area (TPSA) is 51.8 Å². The highest BCUT2D eigenvalue weighted by Gasteiger charge is 2.20. The molecule has 0 bridgehead atoms. The Morgan fingerprint density at radius 3 is 1.74 bits per heavy atom. The zero-order chi connectivity index (χ0) is 33.0. The highest BCUT2D eigenvalue weighted by atomic mass is 32.1.